The number of nitrogens with zero attached hydrogens (tertiary/aromatic N) is 2. The van der Waals surface area contributed by atoms with Crippen LogP contribution in [0.4, 0.5) is 0 Å². The Labute approximate surface area is 77.7 Å². The summed E-state index contributed by atoms with van der Waals surface area (Å²) in [6.45, 7) is 4.12. The third-order valence-corrected chi connectivity index (χ3v) is 2.43. The average molecular weight is 181 g/mol. The highest BCUT2D eigenvalue weighted by atomic mass is 16.4. The second kappa shape index (κ2) is 3.87. The minimum absolute atomic E-state index is 0.432. The molecule has 13 heavy (non-hydrogen) atoms. The molecule has 2 rings (SSSR count). The maximum atomic E-state index is 5.51. The zero-order valence-electron chi connectivity index (χ0n) is 7.92. The van der Waals surface area contributed by atoms with Crippen LogP contribution in [0.15, 0.2) is 4.42 Å². The molecule has 0 unspecified atom stereocenters. The molecule has 0 radical (unpaired) electrons. The van der Waals surface area contributed by atoms with Crippen LogP contribution in [0.1, 0.15) is 37.5 Å². The number of aryl methyl sites for hydroxylation is 1. The Hall–Kier alpha value is -0.900. The van der Waals surface area contributed by atoms with Gasteiger partial charge in [0.05, 0.1) is 0 Å². The molecule has 1 aliphatic heterocycles. The molecule has 1 N–H and O–H groups in total. The number of nitrogens with one attached hydrogen (secondary N) is 1. The van der Waals surface area contributed by atoms with Gasteiger partial charge in [-0.05, 0) is 19.4 Å². The van der Waals surface area contributed by atoms with Crippen molar-refractivity contribution in [3.05, 3.63) is 11.8 Å². The Morgan fingerprint density at radius 3 is 3.08 bits per heavy atom. The minimum Gasteiger partial charge on any atom is -0.425 e. The lowest BCUT2D eigenvalue weighted by Crippen LogP contribution is -2.28. The predicted molar refractivity (Wildman–Crippen MR) is 48.5 cm³/mol. The molecule has 1 atom stereocenters. The molecule has 1 aromatic heterocycles. The molecular weight excluding hydrogens is 166 g/mol. The number of piperidine rings is 1. The molecule has 2 heterocycles. The SMILES string of the molecule is CCc1nnc([C@@H]2CCCNC2)o1. The molecule has 4 heteroatoms. The molecule has 0 aromatic carbocycles. The van der Waals surface area contributed by atoms with Crippen molar-refractivity contribution in [3.63, 3.8) is 0 Å². The Kier molecular flexibility index (Phi) is 2.59. The Morgan fingerprint density at radius 2 is 2.46 bits per heavy atom. The van der Waals surface area contributed by atoms with Gasteiger partial charge in [0, 0.05) is 18.9 Å². The van der Waals surface area contributed by atoms with E-state index in [9.17, 15) is 0 Å². The molecule has 1 aromatic rings. The molecule has 1 fully saturated rings. The number of hydrogen-bond acceptors (Lipinski definition) is 4. The van der Waals surface area contributed by atoms with E-state index in [0.717, 1.165) is 31.3 Å². The van der Waals surface area contributed by atoms with Crippen molar-refractivity contribution in [2.45, 2.75) is 32.1 Å². The summed E-state index contributed by atoms with van der Waals surface area (Å²) in [7, 11) is 0. The lowest BCUT2D eigenvalue weighted by atomic mass is 10.00. The van der Waals surface area contributed by atoms with Gasteiger partial charge < -0.3 is 9.73 Å². The fraction of sp³-hybridized carbons (Fsp3) is 0.778. The van der Waals surface area contributed by atoms with Crippen molar-refractivity contribution < 1.29 is 4.42 Å². The fourth-order valence-corrected chi connectivity index (χ4v) is 1.64. The summed E-state index contributed by atoms with van der Waals surface area (Å²) in [6, 6.07) is 0. The molecule has 4 nitrogen and oxygen atoms in total. The number of aromatic nitrogens is 2. The van der Waals surface area contributed by atoms with E-state index in [1.807, 2.05) is 6.92 Å². The lowest BCUT2D eigenvalue weighted by Gasteiger charge is -2.18. The van der Waals surface area contributed by atoms with Crippen molar-refractivity contribution in [3.8, 4) is 0 Å². The summed E-state index contributed by atoms with van der Waals surface area (Å²) in [6.07, 6.45) is 3.19. The molecular formula is C9H15N3O. The zero-order chi connectivity index (χ0) is 9.10. The average Bonchev–Trinajstić information content (AvgIpc) is 2.67. The van der Waals surface area contributed by atoms with Gasteiger partial charge >= 0.3 is 0 Å². The summed E-state index contributed by atoms with van der Waals surface area (Å²) in [4.78, 5) is 0. The minimum atomic E-state index is 0.432. The van der Waals surface area contributed by atoms with E-state index in [2.05, 4.69) is 15.5 Å². The second-order valence-electron chi connectivity index (χ2n) is 3.43. The van der Waals surface area contributed by atoms with Crippen molar-refractivity contribution in [1.82, 2.24) is 15.5 Å². The molecule has 1 saturated heterocycles. The number of rotatable bonds is 2. The van der Waals surface area contributed by atoms with Crippen LogP contribution in [-0.2, 0) is 6.42 Å². The predicted octanol–water partition coefficient (Wildman–Crippen LogP) is 1.10. The van der Waals surface area contributed by atoms with Gasteiger partial charge in [0.2, 0.25) is 11.8 Å². The van der Waals surface area contributed by atoms with E-state index >= 15 is 0 Å². The van der Waals surface area contributed by atoms with E-state index in [1.54, 1.807) is 0 Å². The molecule has 0 bridgehead atoms. The normalized spacial score (nSPS) is 23.3. The van der Waals surface area contributed by atoms with Crippen LogP contribution in [0.25, 0.3) is 0 Å². The highest BCUT2D eigenvalue weighted by Gasteiger charge is 2.20. The summed E-state index contributed by atoms with van der Waals surface area (Å²) in [5, 5.41) is 11.4. The first-order valence-electron chi connectivity index (χ1n) is 4.93. The zero-order valence-corrected chi connectivity index (χ0v) is 7.92. The van der Waals surface area contributed by atoms with Gasteiger partial charge in [-0.3, -0.25) is 0 Å². The Balaban J connectivity index is 2.05. The first kappa shape index (κ1) is 8.69. The summed E-state index contributed by atoms with van der Waals surface area (Å²) in [5.74, 6) is 1.99. The molecule has 0 spiro atoms. The van der Waals surface area contributed by atoms with Gasteiger partial charge in [0.25, 0.3) is 0 Å². The molecule has 0 saturated carbocycles. The van der Waals surface area contributed by atoms with Crippen LogP contribution >= 0.6 is 0 Å². The molecule has 0 amide bonds. The van der Waals surface area contributed by atoms with Gasteiger partial charge in [-0.15, -0.1) is 10.2 Å². The Morgan fingerprint density at radius 1 is 1.54 bits per heavy atom. The van der Waals surface area contributed by atoms with Gasteiger partial charge in [-0.1, -0.05) is 6.92 Å². The first-order chi connectivity index (χ1) is 6.40. The van der Waals surface area contributed by atoms with Crippen LogP contribution in [0, 0.1) is 0 Å². The van der Waals surface area contributed by atoms with E-state index in [1.165, 1.54) is 12.8 Å². The third kappa shape index (κ3) is 1.88. The van der Waals surface area contributed by atoms with Gasteiger partial charge in [0.1, 0.15) is 0 Å². The maximum Gasteiger partial charge on any atom is 0.220 e. The van der Waals surface area contributed by atoms with Crippen LogP contribution in [0.2, 0.25) is 0 Å². The van der Waals surface area contributed by atoms with Gasteiger partial charge in [-0.25, -0.2) is 0 Å². The Bertz CT molecular complexity index is 266. The quantitative estimate of drug-likeness (QED) is 0.742. The molecule has 72 valence electrons. The highest BCUT2D eigenvalue weighted by molar-refractivity contribution is 4.94. The lowest BCUT2D eigenvalue weighted by molar-refractivity contribution is 0.364. The highest BCUT2D eigenvalue weighted by Crippen LogP contribution is 2.21. The fourth-order valence-electron chi connectivity index (χ4n) is 1.64. The van der Waals surface area contributed by atoms with Gasteiger partial charge in [0.15, 0.2) is 0 Å². The maximum absolute atomic E-state index is 5.51. The molecule has 0 aliphatic carbocycles. The molecule has 1 aliphatic rings. The van der Waals surface area contributed by atoms with Crippen molar-refractivity contribution in [2.75, 3.05) is 13.1 Å². The van der Waals surface area contributed by atoms with Crippen LogP contribution in [0.5, 0.6) is 0 Å². The first-order valence-corrected chi connectivity index (χ1v) is 4.93. The third-order valence-electron chi connectivity index (χ3n) is 2.43. The van der Waals surface area contributed by atoms with Crippen LogP contribution in [-0.4, -0.2) is 23.3 Å². The van der Waals surface area contributed by atoms with Gasteiger partial charge in [-0.2, -0.15) is 0 Å². The second-order valence-corrected chi connectivity index (χ2v) is 3.43. The van der Waals surface area contributed by atoms with E-state index in [-0.39, 0.29) is 0 Å². The largest absolute Gasteiger partial charge is 0.425 e. The summed E-state index contributed by atoms with van der Waals surface area (Å²) >= 11 is 0. The number of hydrogen-bond donors (Lipinski definition) is 1. The topological polar surface area (TPSA) is 51.0 Å². The van der Waals surface area contributed by atoms with E-state index in [4.69, 9.17) is 4.42 Å². The van der Waals surface area contributed by atoms with E-state index < -0.39 is 0 Å². The smallest absolute Gasteiger partial charge is 0.220 e. The van der Waals surface area contributed by atoms with Crippen molar-refractivity contribution in [1.29, 1.82) is 0 Å². The standard InChI is InChI=1S/C9H15N3O/c1-2-8-11-12-9(13-8)7-4-3-5-10-6-7/h7,10H,2-6H2,1H3/t7-/m1/s1. The van der Waals surface area contributed by atoms with Crippen molar-refractivity contribution in [2.24, 2.45) is 0 Å². The van der Waals surface area contributed by atoms with Crippen LogP contribution < -0.4 is 5.32 Å². The van der Waals surface area contributed by atoms with E-state index in [0.29, 0.717) is 5.92 Å². The summed E-state index contributed by atoms with van der Waals surface area (Å²) < 4.78 is 5.51. The van der Waals surface area contributed by atoms with Crippen molar-refractivity contribution >= 4 is 0 Å². The summed E-state index contributed by atoms with van der Waals surface area (Å²) in [5.41, 5.74) is 0. The van der Waals surface area contributed by atoms with Crippen LogP contribution in [0.3, 0.4) is 0 Å². The monoisotopic (exact) mass is 181 g/mol.